The van der Waals surface area contributed by atoms with E-state index in [2.05, 4.69) is 22.3 Å². The van der Waals surface area contributed by atoms with Crippen molar-refractivity contribution in [1.29, 1.82) is 0 Å². The van der Waals surface area contributed by atoms with Gasteiger partial charge in [-0.2, -0.15) is 0 Å². The van der Waals surface area contributed by atoms with Crippen LogP contribution >= 0.6 is 0 Å². The predicted octanol–water partition coefficient (Wildman–Crippen LogP) is 4.49. The number of hydrogen-bond donors (Lipinski definition) is 0. The zero-order valence-corrected chi connectivity index (χ0v) is 15.2. The molecule has 0 unspecified atom stereocenters. The van der Waals surface area contributed by atoms with Crippen LogP contribution in [0.3, 0.4) is 0 Å². The first-order valence-electron chi connectivity index (χ1n) is 8.20. The molecule has 0 radical (unpaired) electrons. The van der Waals surface area contributed by atoms with E-state index in [9.17, 15) is 0 Å². The fourth-order valence-electron chi connectivity index (χ4n) is 2.25. The fourth-order valence-corrected chi connectivity index (χ4v) is 5.20. The zero-order valence-electron chi connectivity index (χ0n) is 15.1. The molecule has 1 aromatic carbocycles. The molecule has 1 heterocycles. The van der Waals surface area contributed by atoms with Gasteiger partial charge in [-0.3, -0.25) is 0 Å². The van der Waals surface area contributed by atoms with E-state index >= 15 is 0 Å². The van der Waals surface area contributed by atoms with Crippen LogP contribution in [-0.2, 0) is 6.37 Å². The van der Waals surface area contributed by atoms with E-state index in [0.29, 0.717) is 0 Å². The first-order valence-corrected chi connectivity index (χ1v) is 14.5. The SMILES string of the molecule is [2H]C([2H])(c1cc(-c2ccccc2)nc[c]1[Ge]([CH3])([CH3])[CH3])C(C)C. The summed E-state index contributed by atoms with van der Waals surface area (Å²) in [6.45, 7) is 3.89. The first kappa shape index (κ1) is 12.6. The normalized spacial score (nSPS) is 14.1. The molecule has 0 aliphatic heterocycles. The van der Waals surface area contributed by atoms with Crippen LogP contribution in [0.25, 0.3) is 11.3 Å². The van der Waals surface area contributed by atoms with Gasteiger partial charge >= 0.3 is 128 Å². The number of rotatable bonds is 4. The third kappa shape index (κ3) is 3.72. The Bertz CT molecular complexity index is 646. The van der Waals surface area contributed by atoms with Crippen molar-refractivity contribution in [1.82, 2.24) is 4.98 Å². The molecule has 2 aromatic rings. The van der Waals surface area contributed by atoms with Crippen molar-refractivity contribution < 1.29 is 2.74 Å². The van der Waals surface area contributed by atoms with Gasteiger partial charge in [0.05, 0.1) is 0 Å². The third-order valence-electron chi connectivity index (χ3n) is 3.23. The van der Waals surface area contributed by atoms with Crippen LogP contribution in [0.4, 0.5) is 0 Å². The van der Waals surface area contributed by atoms with Crippen LogP contribution in [0.15, 0.2) is 42.6 Å². The van der Waals surface area contributed by atoms with Gasteiger partial charge in [0, 0.05) is 0 Å². The second kappa shape index (κ2) is 6.13. The van der Waals surface area contributed by atoms with E-state index in [-0.39, 0.29) is 5.92 Å². The quantitative estimate of drug-likeness (QED) is 0.753. The van der Waals surface area contributed by atoms with E-state index in [1.807, 2.05) is 56.4 Å². The van der Waals surface area contributed by atoms with E-state index in [1.165, 1.54) is 4.40 Å². The first-order chi connectivity index (χ1) is 10.1. The summed E-state index contributed by atoms with van der Waals surface area (Å²) in [6, 6.07) is 12.0. The Balaban J connectivity index is 2.66. The molecule has 1 aromatic heterocycles. The van der Waals surface area contributed by atoms with E-state index < -0.39 is 19.6 Å². The van der Waals surface area contributed by atoms with Crippen LogP contribution in [0.2, 0.25) is 17.3 Å². The maximum absolute atomic E-state index is 8.57. The molecule has 0 fully saturated rings. The van der Waals surface area contributed by atoms with Gasteiger partial charge in [-0.05, 0) is 0 Å². The van der Waals surface area contributed by atoms with Crippen molar-refractivity contribution in [3.05, 3.63) is 48.2 Å². The van der Waals surface area contributed by atoms with E-state index in [1.54, 1.807) is 0 Å². The summed E-state index contributed by atoms with van der Waals surface area (Å²) in [4.78, 5) is 4.63. The van der Waals surface area contributed by atoms with Gasteiger partial charge in [0.2, 0.25) is 0 Å². The molecule has 0 amide bonds. The summed E-state index contributed by atoms with van der Waals surface area (Å²) < 4.78 is 18.3. The van der Waals surface area contributed by atoms with Crippen LogP contribution < -0.4 is 4.40 Å². The summed E-state index contributed by atoms with van der Waals surface area (Å²) in [5.41, 5.74) is 2.73. The van der Waals surface area contributed by atoms with Crippen molar-refractivity contribution in [2.24, 2.45) is 5.92 Å². The maximum atomic E-state index is 8.57. The molecule has 1 nitrogen and oxygen atoms in total. The fraction of sp³-hybridized carbons (Fsp3) is 0.389. The minimum atomic E-state index is -2.19. The molecule has 0 aliphatic rings. The van der Waals surface area contributed by atoms with Crippen LogP contribution in [0, 0.1) is 5.92 Å². The molecule has 2 rings (SSSR count). The van der Waals surface area contributed by atoms with E-state index in [4.69, 9.17) is 2.74 Å². The Kier molecular flexibility index (Phi) is 3.87. The number of nitrogens with zero attached hydrogens (tertiary/aromatic N) is 1. The van der Waals surface area contributed by atoms with Gasteiger partial charge in [-0.25, -0.2) is 0 Å². The molecule has 0 saturated heterocycles. The minimum absolute atomic E-state index is 0.0676. The standard InChI is InChI=1S/C18H25GeN/c1-14(2)11-16-12-18(15-9-7-6-8-10-15)20-13-17(16)19(3,4)5/h6-10,12-14H,11H2,1-5H3/i11D2. The van der Waals surface area contributed by atoms with Gasteiger partial charge in [-0.15, -0.1) is 0 Å². The molecule has 0 bridgehead atoms. The second-order valence-corrected chi connectivity index (χ2v) is 17.1. The summed E-state index contributed by atoms with van der Waals surface area (Å²) in [7, 11) is 0. The monoisotopic (exact) mass is 331 g/mol. The summed E-state index contributed by atoms with van der Waals surface area (Å²) in [5, 5.41) is 0. The molecule has 0 aliphatic carbocycles. The van der Waals surface area contributed by atoms with Gasteiger partial charge in [-0.1, -0.05) is 0 Å². The molecule has 0 spiro atoms. The van der Waals surface area contributed by atoms with Crippen molar-refractivity contribution >= 4 is 17.7 Å². The van der Waals surface area contributed by atoms with E-state index in [0.717, 1.165) is 16.8 Å². The van der Waals surface area contributed by atoms with Gasteiger partial charge in [0.1, 0.15) is 0 Å². The molecule has 0 saturated carbocycles. The Hall–Kier alpha value is -1.09. The Morgan fingerprint density at radius 2 is 1.80 bits per heavy atom. The summed E-state index contributed by atoms with van der Waals surface area (Å²) in [5.74, 6) is 6.80. The van der Waals surface area contributed by atoms with Crippen LogP contribution in [0.5, 0.6) is 0 Å². The predicted molar refractivity (Wildman–Crippen MR) is 91.2 cm³/mol. The molecular formula is C18H25GeN. The Morgan fingerprint density at radius 1 is 1.15 bits per heavy atom. The Labute approximate surface area is 128 Å². The molecule has 106 valence electrons. The number of hydrogen-bond acceptors (Lipinski definition) is 1. The second-order valence-electron chi connectivity index (χ2n) is 6.53. The molecule has 0 atom stereocenters. The third-order valence-corrected chi connectivity index (χ3v) is 7.45. The molecule has 0 N–H and O–H groups in total. The van der Waals surface area contributed by atoms with Crippen molar-refractivity contribution in [2.75, 3.05) is 0 Å². The average Bonchev–Trinajstić information content (AvgIpc) is 2.46. The average molecular weight is 330 g/mol. The van der Waals surface area contributed by atoms with Crippen LogP contribution in [-0.4, -0.2) is 18.3 Å². The molecule has 20 heavy (non-hydrogen) atoms. The van der Waals surface area contributed by atoms with Gasteiger partial charge < -0.3 is 0 Å². The Morgan fingerprint density at radius 3 is 2.35 bits per heavy atom. The van der Waals surface area contributed by atoms with Gasteiger partial charge in [0.25, 0.3) is 0 Å². The summed E-state index contributed by atoms with van der Waals surface area (Å²) >= 11 is -2.19. The number of aromatic nitrogens is 1. The van der Waals surface area contributed by atoms with Crippen molar-refractivity contribution in [2.45, 2.75) is 37.5 Å². The zero-order chi connectivity index (χ0) is 16.5. The van der Waals surface area contributed by atoms with Gasteiger partial charge in [0.15, 0.2) is 0 Å². The molecular weight excluding hydrogens is 303 g/mol. The van der Waals surface area contributed by atoms with Crippen molar-refractivity contribution in [3.63, 3.8) is 0 Å². The number of pyridine rings is 1. The van der Waals surface area contributed by atoms with Crippen molar-refractivity contribution in [3.8, 4) is 11.3 Å². The topological polar surface area (TPSA) is 12.9 Å². The molecule has 2 heteroatoms. The van der Waals surface area contributed by atoms with Crippen LogP contribution in [0.1, 0.15) is 22.2 Å². The number of benzene rings is 1. The summed E-state index contributed by atoms with van der Waals surface area (Å²) in [6.07, 6.45) is 0.595.